The zero-order chi connectivity index (χ0) is 12.6. The van der Waals surface area contributed by atoms with Gasteiger partial charge in [0.2, 0.25) is 5.75 Å². The van der Waals surface area contributed by atoms with Gasteiger partial charge in [-0.15, -0.1) is 6.58 Å². The molecular formula is C13H20O3. The summed E-state index contributed by atoms with van der Waals surface area (Å²) in [4.78, 5) is 0. The lowest BCUT2D eigenvalue weighted by Crippen LogP contribution is -1.91. The van der Waals surface area contributed by atoms with E-state index in [-0.39, 0.29) is 5.75 Å². The zero-order valence-electron chi connectivity index (χ0n) is 10.4. The van der Waals surface area contributed by atoms with Gasteiger partial charge in [-0.25, -0.2) is 0 Å². The largest absolute Gasteiger partial charge is 0.502 e. The molecule has 3 nitrogen and oxygen atoms in total. The lowest BCUT2D eigenvalue weighted by molar-refractivity contribution is 0.339. The quantitative estimate of drug-likeness (QED) is 0.798. The lowest BCUT2D eigenvalue weighted by atomic mass is 10.1. The minimum absolute atomic E-state index is 0.0304. The van der Waals surface area contributed by atoms with Gasteiger partial charge >= 0.3 is 0 Å². The molecule has 1 rings (SSSR count). The van der Waals surface area contributed by atoms with Gasteiger partial charge < -0.3 is 14.6 Å². The van der Waals surface area contributed by atoms with Crippen LogP contribution in [0.3, 0.4) is 0 Å². The Bertz CT molecular complexity index is 307. The third-order valence-corrected chi connectivity index (χ3v) is 1.92. The standard InChI is InChI=1S/C11H14O3.C2H6/c1-4-5-8-6-9(13-2)11(12)10(7-8)14-3;1-2/h4,6-7,12H,1,5H2,2-3H3;1-2H3. The van der Waals surface area contributed by atoms with Crippen LogP contribution in [0.15, 0.2) is 24.8 Å². The van der Waals surface area contributed by atoms with Gasteiger partial charge in [0.1, 0.15) is 0 Å². The first-order valence-corrected chi connectivity index (χ1v) is 5.27. The molecule has 1 N–H and O–H groups in total. The van der Waals surface area contributed by atoms with Crippen LogP contribution in [0.1, 0.15) is 19.4 Å². The number of ether oxygens (including phenoxy) is 2. The van der Waals surface area contributed by atoms with Gasteiger partial charge in [-0.2, -0.15) is 0 Å². The van der Waals surface area contributed by atoms with E-state index >= 15 is 0 Å². The summed E-state index contributed by atoms with van der Waals surface area (Å²) in [7, 11) is 3.01. The van der Waals surface area contributed by atoms with Crippen molar-refractivity contribution in [2.45, 2.75) is 20.3 Å². The summed E-state index contributed by atoms with van der Waals surface area (Å²) in [5.41, 5.74) is 0.992. The molecule has 0 saturated carbocycles. The fourth-order valence-electron chi connectivity index (χ4n) is 1.23. The van der Waals surface area contributed by atoms with Gasteiger partial charge in [0.05, 0.1) is 14.2 Å². The Morgan fingerprint density at radius 2 is 1.62 bits per heavy atom. The monoisotopic (exact) mass is 224 g/mol. The molecule has 0 radical (unpaired) electrons. The molecule has 0 heterocycles. The predicted octanol–water partition coefficient (Wildman–Crippen LogP) is 3.16. The van der Waals surface area contributed by atoms with Crippen molar-refractivity contribution in [3.05, 3.63) is 30.4 Å². The second-order valence-corrected chi connectivity index (χ2v) is 2.84. The first-order chi connectivity index (χ1) is 7.72. The molecular weight excluding hydrogens is 204 g/mol. The molecule has 0 aliphatic rings. The number of aromatic hydroxyl groups is 1. The van der Waals surface area contributed by atoms with E-state index in [1.165, 1.54) is 14.2 Å². The molecule has 1 aromatic rings. The van der Waals surface area contributed by atoms with Crippen molar-refractivity contribution in [3.8, 4) is 17.2 Å². The number of allylic oxidation sites excluding steroid dienone is 1. The molecule has 0 amide bonds. The maximum Gasteiger partial charge on any atom is 0.200 e. The number of rotatable bonds is 4. The maximum atomic E-state index is 9.61. The van der Waals surface area contributed by atoms with Crippen molar-refractivity contribution in [1.29, 1.82) is 0 Å². The normalized spacial score (nSPS) is 8.75. The predicted molar refractivity (Wildman–Crippen MR) is 66.5 cm³/mol. The van der Waals surface area contributed by atoms with E-state index in [4.69, 9.17) is 9.47 Å². The van der Waals surface area contributed by atoms with E-state index in [1.807, 2.05) is 13.8 Å². The second kappa shape index (κ2) is 7.63. The summed E-state index contributed by atoms with van der Waals surface area (Å²) < 4.78 is 10.0. The lowest BCUT2D eigenvalue weighted by Gasteiger charge is -2.10. The van der Waals surface area contributed by atoms with E-state index in [9.17, 15) is 5.11 Å². The molecule has 0 bridgehead atoms. The van der Waals surface area contributed by atoms with Crippen LogP contribution in [0.2, 0.25) is 0 Å². The van der Waals surface area contributed by atoms with Crippen molar-refractivity contribution >= 4 is 0 Å². The topological polar surface area (TPSA) is 38.7 Å². The van der Waals surface area contributed by atoms with Gasteiger partial charge in [0, 0.05) is 0 Å². The molecule has 0 aromatic heterocycles. The third-order valence-electron chi connectivity index (χ3n) is 1.92. The average molecular weight is 224 g/mol. The van der Waals surface area contributed by atoms with Crippen LogP contribution >= 0.6 is 0 Å². The van der Waals surface area contributed by atoms with Crippen molar-refractivity contribution in [2.24, 2.45) is 0 Å². The highest BCUT2D eigenvalue weighted by Crippen LogP contribution is 2.37. The number of hydrogen-bond acceptors (Lipinski definition) is 3. The first kappa shape index (κ1) is 14.4. The highest BCUT2D eigenvalue weighted by Gasteiger charge is 2.09. The first-order valence-electron chi connectivity index (χ1n) is 5.27. The molecule has 0 saturated heterocycles. The van der Waals surface area contributed by atoms with Gasteiger partial charge in [-0.05, 0) is 24.1 Å². The van der Waals surface area contributed by atoms with E-state index in [0.29, 0.717) is 17.9 Å². The van der Waals surface area contributed by atoms with Crippen LogP contribution in [0, 0.1) is 0 Å². The van der Waals surface area contributed by atoms with Crippen LogP contribution in [0.5, 0.6) is 17.2 Å². The molecule has 1 aromatic carbocycles. The van der Waals surface area contributed by atoms with Crippen molar-refractivity contribution < 1.29 is 14.6 Å². The number of phenols is 1. The van der Waals surface area contributed by atoms with E-state index < -0.39 is 0 Å². The molecule has 0 aliphatic heterocycles. The van der Waals surface area contributed by atoms with Crippen molar-refractivity contribution in [1.82, 2.24) is 0 Å². The molecule has 0 aliphatic carbocycles. The summed E-state index contributed by atoms with van der Waals surface area (Å²) in [6.45, 7) is 7.65. The van der Waals surface area contributed by atoms with E-state index in [0.717, 1.165) is 5.56 Å². The Hall–Kier alpha value is -1.64. The molecule has 90 valence electrons. The fraction of sp³-hybridized carbons (Fsp3) is 0.385. The number of hydrogen-bond donors (Lipinski definition) is 1. The fourth-order valence-corrected chi connectivity index (χ4v) is 1.23. The van der Waals surface area contributed by atoms with Gasteiger partial charge in [-0.1, -0.05) is 19.9 Å². The summed E-state index contributed by atoms with van der Waals surface area (Å²) in [6, 6.07) is 3.53. The smallest absolute Gasteiger partial charge is 0.200 e. The van der Waals surface area contributed by atoms with Gasteiger partial charge in [0.25, 0.3) is 0 Å². The van der Waals surface area contributed by atoms with Crippen LogP contribution < -0.4 is 9.47 Å². The minimum Gasteiger partial charge on any atom is -0.502 e. The molecule has 16 heavy (non-hydrogen) atoms. The Morgan fingerprint density at radius 3 is 1.94 bits per heavy atom. The second-order valence-electron chi connectivity index (χ2n) is 2.84. The third kappa shape index (κ3) is 3.50. The Kier molecular flexibility index (Phi) is 6.84. The van der Waals surface area contributed by atoms with Crippen molar-refractivity contribution in [2.75, 3.05) is 14.2 Å². The highest BCUT2D eigenvalue weighted by atomic mass is 16.5. The molecule has 0 spiro atoms. The Morgan fingerprint density at radius 1 is 1.19 bits per heavy atom. The minimum atomic E-state index is 0.0304. The molecule has 0 fully saturated rings. The summed E-state index contributed by atoms with van der Waals surface area (Å²) >= 11 is 0. The van der Waals surface area contributed by atoms with Crippen LogP contribution in [-0.2, 0) is 6.42 Å². The number of methoxy groups -OCH3 is 2. The maximum absolute atomic E-state index is 9.61. The summed E-state index contributed by atoms with van der Waals surface area (Å²) in [6.07, 6.45) is 2.50. The molecule has 0 unspecified atom stereocenters. The Balaban J connectivity index is 0.00000106. The Labute approximate surface area is 97.3 Å². The van der Waals surface area contributed by atoms with Crippen molar-refractivity contribution in [3.63, 3.8) is 0 Å². The van der Waals surface area contributed by atoms with Crippen LogP contribution in [0.4, 0.5) is 0 Å². The number of phenolic OH excluding ortho intramolecular Hbond substituents is 1. The average Bonchev–Trinajstić information content (AvgIpc) is 2.34. The summed E-state index contributed by atoms with van der Waals surface area (Å²) in [5.74, 6) is 0.866. The van der Waals surface area contributed by atoms with Crippen LogP contribution in [0.25, 0.3) is 0 Å². The van der Waals surface area contributed by atoms with Gasteiger partial charge in [0.15, 0.2) is 11.5 Å². The molecule has 3 heteroatoms. The highest BCUT2D eigenvalue weighted by molar-refractivity contribution is 5.53. The van der Waals surface area contributed by atoms with E-state index in [1.54, 1.807) is 18.2 Å². The van der Waals surface area contributed by atoms with Gasteiger partial charge in [-0.3, -0.25) is 0 Å². The number of benzene rings is 1. The van der Waals surface area contributed by atoms with Crippen LogP contribution in [-0.4, -0.2) is 19.3 Å². The SMILES string of the molecule is C=CCc1cc(OC)c(O)c(OC)c1.CC. The summed E-state index contributed by atoms with van der Waals surface area (Å²) in [5, 5.41) is 9.61. The zero-order valence-corrected chi connectivity index (χ0v) is 10.4. The molecule has 0 atom stereocenters. The van der Waals surface area contributed by atoms with E-state index in [2.05, 4.69) is 6.58 Å².